The number of carbonyl (C=O) groups excluding carboxylic acids is 2. The molecule has 0 radical (unpaired) electrons. The van der Waals surface area contributed by atoms with Gasteiger partial charge in [-0.05, 0) is 30.7 Å². The third-order valence-corrected chi connectivity index (χ3v) is 5.14. The summed E-state index contributed by atoms with van der Waals surface area (Å²) in [6.07, 6.45) is 4.42. The maximum atomic E-state index is 12.9. The van der Waals surface area contributed by atoms with Gasteiger partial charge in [-0.3, -0.25) is 4.79 Å². The van der Waals surface area contributed by atoms with Gasteiger partial charge in [0.05, 0.1) is 12.5 Å². The average Bonchev–Trinajstić information content (AvgIpc) is 2.64. The zero-order valence-electron chi connectivity index (χ0n) is 15.9. The molecule has 0 saturated carbocycles. The molecule has 0 aliphatic rings. The Hall–Kier alpha value is -2.10. The van der Waals surface area contributed by atoms with Crippen molar-refractivity contribution in [3.8, 4) is 0 Å². The fourth-order valence-electron chi connectivity index (χ4n) is 2.94. The minimum absolute atomic E-state index is 0.120. The Bertz CT molecular complexity index is 570. The number of aryl methyl sites for hydroxylation is 1. The summed E-state index contributed by atoms with van der Waals surface area (Å²) in [5.74, 6) is -0.350. The molecule has 1 N–H and O–H groups in total. The van der Waals surface area contributed by atoms with Crippen LogP contribution in [0.4, 0.5) is 0 Å². The molecule has 0 unspecified atom stereocenters. The average molecular weight is 345 g/mol. The predicted octanol–water partition coefficient (Wildman–Crippen LogP) is 3.91. The number of rotatable bonds is 10. The van der Waals surface area contributed by atoms with E-state index in [4.69, 9.17) is 4.74 Å². The standard InChI is InChI=1S/C21H31NO3/c1-6-15-21(4,16(3)7-2)20(24)22-18(19(23)25-5)14-13-17-11-9-8-10-12-17/h6,8-12,16,18H,1,7,13-15H2,2-5H3,(H,22,24)/t16-,18+,21-/m1/s1. The van der Waals surface area contributed by atoms with E-state index in [9.17, 15) is 9.59 Å². The van der Waals surface area contributed by atoms with E-state index in [1.807, 2.05) is 37.3 Å². The molecular formula is C21H31NO3. The van der Waals surface area contributed by atoms with Gasteiger partial charge >= 0.3 is 5.97 Å². The molecule has 0 fully saturated rings. The first-order chi connectivity index (χ1) is 11.9. The Balaban J connectivity index is 2.87. The Kier molecular flexibility index (Phi) is 8.39. The van der Waals surface area contributed by atoms with Crippen LogP contribution in [0, 0.1) is 11.3 Å². The number of carbonyl (C=O) groups is 2. The van der Waals surface area contributed by atoms with Gasteiger partial charge in [0.2, 0.25) is 5.91 Å². The number of nitrogens with one attached hydrogen (secondary N) is 1. The van der Waals surface area contributed by atoms with Crippen LogP contribution in [0.5, 0.6) is 0 Å². The number of amides is 1. The molecule has 1 rings (SSSR count). The first kappa shape index (κ1) is 20.9. The highest BCUT2D eigenvalue weighted by Gasteiger charge is 2.38. The molecule has 0 aliphatic carbocycles. The van der Waals surface area contributed by atoms with E-state index in [2.05, 4.69) is 25.7 Å². The molecule has 0 saturated heterocycles. The SMILES string of the molecule is C=CC[C@@](C)(C(=O)N[C@@H](CCc1ccccc1)C(=O)OC)[C@H](C)CC. The summed E-state index contributed by atoms with van der Waals surface area (Å²) < 4.78 is 4.89. The largest absolute Gasteiger partial charge is 0.467 e. The van der Waals surface area contributed by atoms with Crippen LogP contribution >= 0.6 is 0 Å². The number of methoxy groups -OCH3 is 1. The monoisotopic (exact) mass is 345 g/mol. The van der Waals surface area contributed by atoms with Crippen molar-refractivity contribution in [2.24, 2.45) is 11.3 Å². The van der Waals surface area contributed by atoms with E-state index in [1.165, 1.54) is 7.11 Å². The van der Waals surface area contributed by atoms with Crippen LogP contribution in [0.25, 0.3) is 0 Å². The molecule has 4 heteroatoms. The zero-order chi connectivity index (χ0) is 18.9. The molecule has 0 bridgehead atoms. The molecule has 0 aromatic heterocycles. The lowest BCUT2D eigenvalue weighted by Crippen LogP contribution is -2.50. The minimum atomic E-state index is -0.647. The van der Waals surface area contributed by atoms with Crippen LogP contribution in [-0.4, -0.2) is 25.0 Å². The van der Waals surface area contributed by atoms with Crippen molar-refractivity contribution in [2.75, 3.05) is 7.11 Å². The first-order valence-corrected chi connectivity index (χ1v) is 8.92. The molecule has 138 valence electrons. The highest BCUT2D eigenvalue weighted by atomic mass is 16.5. The molecule has 25 heavy (non-hydrogen) atoms. The molecule has 1 aromatic rings. The van der Waals surface area contributed by atoms with Gasteiger partial charge in [0.1, 0.15) is 6.04 Å². The van der Waals surface area contributed by atoms with E-state index >= 15 is 0 Å². The van der Waals surface area contributed by atoms with Gasteiger partial charge in [0.15, 0.2) is 0 Å². The summed E-state index contributed by atoms with van der Waals surface area (Å²) in [5.41, 5.74) is 0.539. The molecular weight excluding hydrogens is 314 g/mol. The van der Waals surface area contributed by atoms with Crippen molar-refractivity contribution in [1.29, 1.82) is 0 Å². The van der Waals surface area contributed by atoms with E-state index in [-0.39, 0.29) is 11.8 Å². The first-order valence-electron chi connectivity index (χ1n) is 8.92. The van der Waals surface area contributed by atoms with Crippen molar-refractivity contribution < 1.29 is 14.3 Å². The molecule has 4 nitrogen and oxygen atoms in total. The van der Waals surface area contributed by atoms with Crippen molar-refractivity contribution in [1.82, 2.24) is 5.32 Å². The smallest absolute Gasteiger partial charge is 0.328 e. The third kappa shape index (κ3) is 5.73. The van der Waals surface area contributed by atoms with Gasteiger partial charge in [0, 0.05) is 0 Å². The number of allylic oxidation sites excluding steroid dienone is 1. The van der Waals surface area contributed by atoms with Gasteiger partial charge in [-0.15, -0.1) is 6.58 Å². The van der Waals surface area contributed by atoms with Crippen LogP contribution in [0.1, 0.15) is 45.6 Å². The molecule has 0 spiro atoms. The Labute approximate surface area is 151 Å². The van der Waals surface area contributed by atoms with E-state index in [0.717, 1.165) is 12.0 Å². The summed E-state index contributed by atoms with van der Waals surface area (Å²) >= 11 is 0. The normalized spacial score (nSPS) is 15.5. The van der Waals surface area contributed by atoms with Gasteiger partial charge < -0.3 is 10.1 Å². The highest BCUT2D eigenvalue weighted by molar-refractivity contribution is 5.88. The van der Waals surface area contributed by atoms with Crippen molar-refractivity contribution >= 4 is 11.9 Å². The lowest BCUT2D eigenvalue weighted by molar-refractivity contribution is -0.147. The Morgan fingerprint density at radius 1 is 1.32 bits per heavy atom. The fourth-order valence-corrected chi connectivity index (χ4v) is 2.94. The molecule has 3 atom stereocenters. The van der Waals surface area contributed by atoms with Crippen LogP contribution in [0.2, 0.25) is 0 Å². The van der Waals surface area contributed by atoms with Gasteiger partial charge in [-0.1, -0.05) is 63.6 Å². The Morgan fingerprint density at radius 2 is 1.96 bits per heavy atom. The van der Waals surface area contributed by atoms with Crippen molar-refractivity contribution in [3.05, 3.63) is 48.6 Å². The number of esters is 1. The summed E-state index contributed by atoms with van der Waals surface area (Å²) in [6.45, 7) is 9.83. The fraction of sp³-hybridized carbons (Fsp3) is 0.524. The highest BCUT2D eigenvalue weighted by Crippen LogP contribution is 2.34. The summed E-state index contributed by atoms with van der Waals surface area (Å²) in [7, 11) is 1.35. The lowest BCUT2D eigenvalue weighted by Gasteiger charge is -2.34. The van der Waals surface area contributed by atoms with Gasteiger partial charge in [-0.2, -0.15) is 0 Å². The quantitative estimate of drug-likeness (QED) is 0.517. The molecule has 0 aliphatic heterocycles. The Morgan fingerprint density at radius 3 is 2.48 bits per heavy atom. The molecule has 0 heterocycles. The minimum Gasteiger partial charge on any atom is -0.467 e. The summed E-state index contributed by atoms with van der Waals surface area (Å²) in [5, 5.41) is 2.92. The maximum absolute atomic E-state index is 12.9. The van der Waals surface area contributed by atoms with Crippen LogP contribution in [0.3, 0.4) is 0 Å². The van der Waals surface area contributed by atoms with E-state index in [0.29, 0.717) is 19.3 Å². The van der Waals surface area contributed by atoms with Crippen molar-refractivity contribution in [2.45, 2.75) is 52.5 Å². The zero-order valence-corrected chi connectivity index (χ0v) is 15.9. The third-order valence-electron chi connectivity index (χ3n) is 5.14. The number of ether oxygens (including phenoxy) is 1. The summed E-state index contributed by atoms with van der Waals surface area (Å²) in [6, 6.07) is 9.26. The van der Waals surface area contributed by atoms with E-state index < -0.39 is 17.4 Å². The number of hydrogen-bond donors (Lipinski definition) is 1. The van der Waals surface area contributed by atoms with Crippen LogP contribution < -0.4 is 5.32 Å². The van der Waals surface area contributed by atoms with E-state index in [1.54, 1.807) is 6.08 Å². The van der Waals surface area contributed by atoms with Gasteiger partial charge in [-0.25, -0.2) is 4.79 Å². The van der Waals surface area contributed by atoms with Crippen LogP contribution in [0.15, 0.2) is 43.0 Å². The molecule has 1 aromatic carbocycles. The second-order valence-corrected chi connectivity index (χ2v) is 6.79. The lowest BCUT2D eigenvalue weighted by atomic mass is 9.73. The molecule has 1 amide bonds. The van der Waals surface area contributed by atoms with Crippen molar-refractivity contribution in [3.63, 3.8) is 0 Å². The maximum Gasteiger partial charge on any atom is 0.328 e. The second-order valence-electron chi connectivity index (χ2n) is 6.79. The predicted molar refractivity (Wildman–Crippen MR) is 101 cm³/mol. The number of hydrogen-bond acceptors (Lipinski definition) is 3. The second kappa shape index (κ2) is 10.0. The summed E-state index contributed by atoms with van der Waals surface area (Å²) in [4.78, 5) is 25.1. The van der Waals surface area contributed by atoms with Crippen LogP contribution in [-0.2, 0) is 20.7 Å². The topological polar surface area (TPSA) is 55.4 Å². The van der Waals surface area contributed by atoms with Gasteiger partial charge in [0.25, 0.3) is 0 Å². The number of benzene rings is 1.